The molecule has 1 saturated carbocycles. The number of esters is 1. The number of carboxylic acids is 1. The summed E-state index contributed by atoms with van der Waals surface area (Å²) in [5.41, 5.74) is 1.10. The summed E-state index contributed by atoms with van der Waals surface area (Å²) >= 11 is 0. The lowest BCUT2D eigenvalue weighted by atomic mass is 10.0. The van der Waals surface area contributed by atoms with Crippen molar-refractivity contribution < 1.29 is 24.2 Å². The van der Waals surface area contributed by atoms with E-state index in [9.17, 15) is 19.5 Å². The molecule has 0 bridgehead atoms. The molecule has 3 rings (SSSR count). The lowest BCUT2D eigenvalue weighted by molar-refractivity contribution is -0.151. The summed E-state index contributed by atoms with van der Waals surface area (Å²) in [4.78, 5) is 39.1. The van der Waals surface area contributed by atoms with Gasteiger partial charge in [-0.2, -0.15) is 0 Å². The van der Waals surface area contributed by atoms with Crippen LogP contribution >= 0.6 is 0 Å². The highest BCUT2D eigenvalue weighted by Crippen LogP contribution is 2.41. The maximum atomic E-state index is 13.2. The van der Waals surface area contributed by atoms with Crippen molar-refractivity contribution in [3.8, 4) is 0 Å². The third-order valence-corrected chi connectivity index (χ3v) is 6.33. The minimum Gasteiger partial charge on any atom is -0.480 e. The van der Waals surface area contributed by atoms with Gasteiger partial charge in [-0.1, -0.05) is 36.8 Å². The predicted octanol–water partition coefficient (Wildman–Crippen LogP) is 2.38. The van der Waals surface area contributed by atoms with Gasteiger partial charge in [0, 0.05) is 6.04 Å². The number of nitrogens with zero attached hydrogens (tertiary/aromatic N) is 1. The lowest BCUT2D eigenvalue weighted by Crippen LogP contribution is -2.55. The molecule has 1 aliphatic heterocycles. The Morgan fingerprint density at radius 3 is 2.63 bits per heavy atom. The maximum absolute atomic E-state index is 13.2. The maximum Gasteiger partial charge on any atom is 0.326 e. The van der Waals surface area contributed by atoms with Gasteiger partial charge < -0.3 is 14.7 Å². The SMILES string of the molecule is CCOC(=O)[C@H](CCc1ccccc1)N[C@@H](C)C(=O)N1[C@@H](C(=O)O)C[C@@H]2CCC[C@@H]21. The number of carboxylic acid groups (broad SMARTS) is 1. The number of nitrogens with one attached hydrogen (secondary N) is 1. The van der Waals surface area contributed by atoms with Crippen LogP contribution in [0.5, 0.6) is 0 Å². The van der Waals surface area contributed by atoms with Crippen molar-refractivity contribution in [2.24, 2.45) is 5.92 Å². The second-order valence-electron chi connectivity index (χ2n) is 8.31. The normalized spacial score (nSPS) is 24.9. The number of carbonyl (C=O) groups is 3. The van der Waals surface area contributed by atoms with Gasteiger partial charge in [-0.15, -0.1) is 0 Å². The third kappa shape index (κ3) is 5.01. The topological polar surface area (TPSA) is 95.9 Å². The Kier molecular flexibility index (Phi) is 7.48. The molecule has 0 unspecified atom stereocenters. The van der Waals surface area contributed by atoms with Crippen LogP contribution in [-0.4, -0.2) is 58.6 Å². The summed E-state index contributed by atoms with van der Waals surface area (Å²) in [6, 6.07) is 7.76. The molecule has 1 aromatic rings. The van der Waals surface area contributed by atoms with Gasteiger partial charge in [0.15, 0.2) is 0 Å². The Labute approximate surface area is 177 Å². The molecule has 2 aliphatic rings. The number of fused-ring (bicyclic) bond motifs is 1. The van der Waals surface area contributed by atoms with Gasteiger partial charge in [-0.05, 0) is 57.4 Å². The Bertz CT molecular complexity index is 753. The van der Waals surface area contributed by atoms with Gasteiger partial charge in [0.1, 0.15) is 12.1 Å². The van der Waals surface area contributed by atoms with E-state index in [4.69, 9.17) is 4.74 Å². The molecule has 1 amide bonds. The fraction of sp³-hybridized carbons (Fsp3) is 0.609. The highest BCUT2D eigenvalue weighted by atomic mass is 16.5. The van der Waals surface area contributed by atoms with Crippen LogP contribution < -0.4 is 5.32 Å². The molecule has 1 heterocycles. The highest BCUT2D eigenvalue weighted by molar-refractivity contribution is 5.88. The molecule has 164 valence electrons. The van der Waals surface area contributed by atoms with E-state index in [0.717, 1.165) is 24.8 Å². The zero-order valence-corrected chi connectivity index (χ0v) is 17.8. The van der Waals surface area contributed by atoms with Crippen molar-refractivity contribution >= 4 is 17.8 Å². The summed E-state index contributed by atoms with van der Waals surface area (Å²) in [5.74, 6) is -1.31. The smallest absolute Gasteiger partial charge is 0.326 e. The van der Waals surface area contributed by atoms with Crippen LogP contribution in [0.1, 0.15) is 51.5 Å². The van der Waals surface area contributed by atoms with Crippen molar-refractivity contribution in [1.82, 2.24) is 10.2 Å². The van der Waals surface area contributed by atoms with Crippen molar-refractivity contribution in [2.75, 3.05) is 6.61 Å². The predicted molar refractivity (Wildman–Crippen MR) is 112 cm³/mol. The van der Waals surface area contributed by atoms with Crippen LogP contribution in [0.4, 0.5) is 0 Å². The van der Waals surface area contributed by atoms with Gasteiger partial charge in [-0.25, -0.2) is 4.79 Å². The molecule has 7 heteroatoms. The van der Waals surface area contributed by atoms with Crippen LogP contribution in [0.2, 0.25) is 0 Å². The van der Waals surface area contributed by atoms with Crippen LogP contribution in [0.3, 0.4) is 0 Å². The number of amides is 1. The first-order valence-corrected chi connectivity index (χ1v) is 10.9. The fourth-order valence-electron chi connectivity index (χ4n) is 4.89. The Balaban J connectivity index is 1.68. The Hall–Kier alpha value is -2.41. The molecule has 1 saturated heterocycles. The summed E-state index contributed by atoms with van der Waals surface area (Å²) in [5, 5.41) is 12.8. The number of ether oxygens (including phenoxy) is 1. The number of hydrogen-bond donors (Lipinski definition) is 2. The van der Waals surface area contributed by atoms with Gasteiger partial charge in [0.05, 0.1) is 12.6 Å². The summed E-state index contributed by atoms with van der Waals surface area (Å²) < 4.78 is 5.21. The van der Waals surface area contributed by atoms with E-state index in [0.29, 0.717) is 19.3 Å². The van der Waals surface area contributed by atoms with E-state index in [1.807, 2.05) is 30.3 Å². The molecule has 0 spiro atoms. The average molecular weight is 417 g/mol. The van der Waals surface area contributed by atoms with Gasteiger partial charge in [0.25, 0.3) is 0 Å². The number of carbonyl (C=O) groups excluding carboxylic acids is 2. The quantitative estimate of drug-likeness (QED) is 0.600. The van der Waals surface area contributed by atoms with Crippen LogP contribution in [-0.2, 0) is 25.5 Å². The highest BCUT2D eigenvalue weighted by Gasteiger charge is 2.49. The first-order valence-electron chi connectivity index (χ1n) is 10.9. The van der Waals surface area contributed by atoms with E-state index in [2.05, 4.69) is 5.32 Å². The number of aliphatic carboxylic acids is 1. The Morgan fingerprint density at radius 2 is 1.97 bits per heavy atom. The van der Waals surface area contributed by atoms with Gasteiger partial charge in [0.2, 0.25) is 5.91 Å². The van der Waals surface area contributed by atoms with Crippen molar-refractivity contribution in [3.63, 3.8) is 0 Å². The fourth-order valence-corrected chi connectivity index (χ4v) is 4.89. The number of benzene rings is 1. The zero-order valence-electron chi connectivity index (χ0n) is 17.8. The molecule has 1 aromatic carbocycles. The molecule has 7 nitrogen and oxygen atoms in total. The minimum atomic E-state index is -0.948. The molecular formula is C23H32N2O5. The first kappa shape index (κ1) is 22.3. The molecule has 1 aliphatic carbocycles. The second kappa shape index (κ2) is 10.1. The van der Waals surface area contributed by atoms with Crippen molar-refractivity contribution in [3.05, 3.63) is 35.9 Å². The summed E-state index contributed by atoms with van der Waals surface area (Å²) in [6.07, 6.45) is 4.54. The lowest BCUT2D eigenvalue weighted by Gasteiger charge is -2.31. The summed E-state index contributed by atoms with van der Waals surface area (Å²) in [7, 11) is 0. The number of likely N-dealkylation sites (tertiary alicyclic amines) is 1. The standard InChI is InChI=1S/C23H32N2O5/c1-3-30-23(29)18(13-12-16-8-5-4-6-9-16)24-15(2)21(26)25-19-11-7-10-17(19)14-20(25)22(27)28/h4-6,8-9,15,17-20,24H,3,7,10-14H2,1-2H3,(H,27,28)/t15-,17-,18-,19-,20+/m0/s1. The molecular weight excluding hydrogens is 384 g/mol. The average Bonchev–Trinajstić information content (AvgIpc) is 3.32. The third-order valence-electron chi connectivity index (χ3n) is 6.33. The molecule has 2 N–H and O–H groups in total. The number of hydrogen-bond acceptors (Lipinski definition) is 5. The van der Waals surface area contributed by atoms with Crippen molar-refractivity contribution in [2.45, 2.75) is 76.5 Å². The van der Waals surface area contributed by atoms with Crippen LogP contribution in [0.15, 0.2) is 30.3 Å². The molecule has 0 aromatic heterocycles. The number of rotatable bonds is 9. The second-order valence-corrected chi connectivity index (χ2v) is 8.31. The molecule has 30 heavy (non-hydrogen) atoms. The minimum absolute atomic E-state index is 0.00629. The van der Waals surface area contributed by atoms with Crippen molar-refractivity contribution in [1.29, 1.82) is 0 Å². The zero-order chi connectivity index (χ0) is 21.7. The van der Waals surface area contributed by atoms with Crippen LogP contribution in [0, 0.1) is 5.92 Å². The van der Waals surface area contributed by atoms with Crippen LogP contribution in [0.25, 0.3) is 0 Å². The molecule has 0 radical (unpaired) electrons. The molecule has 2 fully saturated rings. The molecule has 5 atom stereocenters. The van der Waals surface area contributed by atoms with Gasteiger partial charge in [-0.3, -0.25) is 14.9 Å². The monoisotopic (exact) mass is 416 g/mol. The van der Waals surface area contributed by atoms with E-state index in [1.54, 1.807) is 18.7 Å². The van der Waals surface area contributed by atoms with E-state index < -0.39 is 24.1 Å². The van der Waals surface area contributed by atoms with Gasteiger partial charge >= 0.3 is 11.9 Å². The first-order chi connectivity index (χ1) is 14.4. The largest absolute Gasteiger partial charge is 0.480 e. The van der Waals surface area contributed by atoms with E-state index in [1.165, 1.54) is 0 Å². The number of aryl methyl sites for hydroxylation is 1. The van der Waals surface area contributed by atoms with E-state index >= 15 is 0 Å². The Morgan fingerprint density at radius 1 is 1.23 bits per heavy atom. The van der Waals surface area contributed by atoms with E-state index in [-0.39, 0.29) is 30.4 Å². The summed E-state index contributed by atoms with van der Waals surface area (Å²) in [6.45, 7) is 3.72.